The molecule has 0 saturated carbocycles. The number of carbonyl (C=O) groups is 1. The summed E-state index contributed by atoms with van der Waals surface area (Å²) in [5.74, 6) is 0.484. The van der Waals surface area contributed by atoms with Crippen LogP contribution in [0.2, 0.25) is 0 Å². The van der Waals surface area contributed by atoms with E-state index >= 15 is 0 Å². The first-order valence-corrected chi connectivity index (χ1v) is 11.1. The number of nitrogens with zero attached hydrogens (tertiary/aromatic N) is 7. The predicted octanol–water partition coefficient (Wildman–Crippen LogP) is 2.38. The molecule has 0 atom stereocenters. The molecule has 32 heavy (non-hydrogen) atoms. The van der Waals surface area contributed by atoms with Gasteiger partial charge in [0.15, 0.2) is 5.69 Å². The second-order valence-electron chi connectivity index (χ2n) is 7.87. The Morgan fingerprint density at radius 1 is 1.28 bits per heavy atom. The van der Waals surface area contributed by atoms with Crippen LogP contribution in [0.15, 0.2) is 38.5 Å². The van der Waals surface area contributed by atoms with Gasteiger partial charge in [0.1, 0.15) is 0 Å². The van der Waals surface area contributed by atoms with Gasteiger partial charge in [0, 0.05) is 11.0 Å². The van der Waals surface area contributed by atoms with Crippen LogP contribution < -0.4 is 11.2 Å². The van der Waals surface area contributed by atoms with Crippen molar-refractivity contribution < 1.29 is 9.42 Å². The lowest BCUT2D eigenvalue weighted by Crippen LogP contribution is -2.34. The van der Waals surface area contributed by atoms with Crippen LogP contribution in [0.25, 0.3) is 5.82 Å². The van der Waals surface area contributed by atoms with E-state index < -0.39 is 5.91 Å². The first kappa shape index (κ1) is 22.1. The molecular weight excluding hydrogens is 478 g/mol. The molecule has 168 valence electrons. The number of amides is 1. The quantitative estimate of drug-likeness (QED) is 0.387. The zero-order valence-corrected chi connectivity index (χ0v) is 19.4. The van der Waals surface area contributed by atoms with Gasteiger partial charge in [-0.05, 0) is 66.8 Å². The van der Waals surface area contributed by atoms with Gasteiger partial charge in [0.05, 0.1) is 11.4 Å². The smallest absolute Gasteiger partial charge is 0.293 e. The van der Waals surface area contributed by atoms with Crippen molar-refractivity contribution in [3.05, 3.63) is 45.7 Å². The van der Waals surface area contributed by atoms with Crippen molar-refractivity contribution in [1.82, 2.24) is 35.6 Å². The number of rotatable bonds is 6. The summed E-state index contributed by atoms with van der Waals surface area (Å²) in [5.41, 5.74) is 10.7. The number of hydrogen-bond donors (Lipinski definition) is 2. The molecule has 3 aromatic rings. The van der Waals surface area contributed by atoms with Gasteiger partial charge in [-0.1, -0.05) is 40.2 Å². The Morgan fingerprint density at radius 3 is 2.66 bits per heavy atom. The summed E-state index contributed by atoms with van der Waals surface area (Å²) in [6, 6.07) is 7.65. The first-order valence-electron chi connectivity index (χ1n) is 10.3. The minimum absolute atomic E-state index is 0.0690. The monoisotopic (exact) mass is 501 g/mol. The van der Waals surface area contributed by atoms with Gasteiger partial charge in [-0.25, -0.2) is 10.1 Å². The highest BCUT2D eigenvalue weighted by Gasteiger charge is 2.26. The molecule has 11 nitrogen and oxygen atoms in total. The predicted molar refractivity (Wildman–Crippen MR) is 121 cm³/mol. The fourth-order valence-corrected chi connectivity index (χ4v) is 3.77. The van der Waals surface area contributed by atoms with E-state index in [0.29, 0.717) is 23.9 Å². The van der Waals surface area contributed by atoms with Gasteiger partial charge >= 0.3 is 0 Å². The Labute approximate surface area is 193 Å². The number of piperidine rings is 1. The van der Waals surface area contributed by atoms with Crippen molar-refractivity contribution in [2.24, 2.45) is 11.0 Å². The number of carbonyl (C=O) groups excluding carboxylic acids is 1. The third-order valence-corrected chi connectivity index (χ3v) is 6.04. The lowest BCUT2D eigenvalue weighted by Gasteiger charge is -2.30. The molecule has 3 N–H and O–H groups in total. The molecule has 0 spiro atoms. The molecule has 1 aromatic carbocycles. The number of aromatic nitrogens is 5. The average molecular weight is 502 g/mol. The van der Waals surface area contributed by atoms with Crippen LogP contribution in [-0.2, 0) is 6.54 Å². The maximum atomic E-state index is 13.0. The molecule has 3 heterocycles. The highest BCUT2D eigenvalue weighted by atomic mass is 79.9. The molecule has 0 radical (unpaired) electrons. The number of nitrogens with two attached hydrogens (primary N) is 1. The van der Waals surface area contributed by atoms with Crippen molar-refractivity contribution in [2.75, 3.05) is 18.8 Å². The second kappa shape index (κ2) is 9.57. The fraction of sp³-hybridized carbons (Fsp3) is 0.400. The largest absolute Gasteiger partial charge is 0.378 e. The Hall–Kier alpha value is -3.12. The molecule has 1 saturated heterocycles. The van der Waals surface area contributed by atoms with E-state index in [2.05, 4.69) is 58.9 Å². The SMILES string of the molecule is C/C(=N/NC(=O)c1nnn(-c2nonc2N)c1CN1CCC(C)CC1)c1ccc(Br)cc1. The van der Waals surface area contributed by atoms with E-state index in [1.807, 2.05) is 31.2 Å². The van der Waals surface area contributed by atoms with E-state index in [-0.39, 0.29) is 17.3 Å². The van der Waals surface area contributed by atoms with Crippen molar-refractivity contribution >= 4 is 33.4 Å². The molecule has 0 unspecified atom stereocenters. The van der Waals surface area contributed by atoms with Crippen LogP contribution >= 0.6 is 15.9 Å². The molecule has 12 heteroatoms. The number of nitrogen functional groups attached to an aromatic ring is 1. The van der Waals surface area contributed by atoms with Gasteiger partial charge in [-0.15, -0.1) is 5.10 Å². The topological polar surface area (TPSA) is 140 Å². The zero-order valence-electron chi connectivity index (χ0n) is 17.8. The summed E-state index contributed by atoms with van der Waals surface area (Å²) < 4.78 is 7.08. The van der Waals surface area contributed by atoms with E-state index in [4.69, 9.17) is 10.4 Å². The number of nitrogens with one attached hydrogen (secondary N) is 1. The molecule has 1 amide bonds. The van der Waals surface area contributed by atoms with Gasteiger partial charge in [-0.2, -0.15) is 9.78 Å². The Morgan fingerprint density at radius 2 is 2.00 bits per heavy atom. The number of hydrogen-bond acceptors (Lipinski definition) is 9. The molecule has 0 bridgehead atoms. The Balaban J connectivity index is 1.58. The van der Waals surface area contributed by atoms with Crippen LogP contribution in [0.3, 0.4) is 0 Å². The zero-order chi connectivity index (χ0) is 22.7. The molecule has 1 fully saturated rings. The van der Waals surface area contributed by atoms with Crippen LogP contribution in [0.1, 0.15) is 48.4 Å². The maximum absolute atomic E-state index is 13.0. The number of anilines is 1. The lowest BCUT2D eigenvalue weighted by molar-refractivity contribution is 0.0946. The van der Waals surface area contributed by atoms with Crippen molar-refractivity contribution in [3.8, 4) is 5.82 Å². The van der Waals surface area contributed by atoms with Crippen molar-refractivity contribution in [1.29, 1.82) is 0 Å². The normalized spacial score (nSPS) is 15.8. The summed E-state index contributed by atoms with van der Waals surface area (Å²) in [4.78, 5) is 15.2. The Kier molecular flexibility index (Phi) is 6.61. The van der Waals surface area contributed by atoms with Crippen LogP contribution in [0, 0.1) is 5.92 Å². The van der Waals surface area contributed by atoms with Crippen molar-refractivity contribution in [3.63, 3.8) is 0 Å². The van der Waals surface area contributed by atoms with Gasteiger partial charge in [-0.3, -0.25) is 9.69 Å². The molecule has 2 aromatic heterocycles. The number of likely N-dealkylation sites (tertiary alicyclic amines) is 1. The number of hydrazone groups is 1. The molecule has 4 rings (SSSR count). The van der Waals surface area contributed by atoms with Crippen LogP contribution in [0.4, 0.5) is 5.82 Å². The third-order valence-electron chi connectivity index (χ3n) is 5.51. The Bertz CT molecular complexity index is 1110. The van der Waals surface area contributed by atoms with Gasteiger partial charge in [0.2, 0.25) is 11.6 Å². The average Bonchev–Trinajstić information content (AvgIpc) is 3.39. The molecule has 1 aliphatic rings. The van der Waals surface area contributed by atoms with E-state index in [1.54, 1.807) is 0 Å². The van der Waals surface area contributed by atoms with Gasteiger partial charge in [0.25, 0.3) is 5.91 Å². The van der Waals surface area contributed by atoms with E-state index in [1.165, 1.54) is 4.68 Å². The van der Waals surface area contributed by atoms with Crippen molar-refractivity contribution in [2.45, 2.75) is 33.2 Å². The molecule has 0 aliphatic carbocycles. The van der Waals surface area contributed by atoms with E-state index in [0.717, 1.165) is 36.0 Å². The molecular formula is C20H24BrN9O2. The van der Waals surface area contributed by atoms with Crippen LogP contribution in [0.5, 0.6) is 0 Å². The number of halogens is 1. The van der Waals surface area contributed by atoms with Crippen LogP contribution in [-0.4, -0.2) is 54.9 Å². The minimum atomic E-state index is -0.469. The minimum Gasteiger partial charge on any atom is -0.378 e. The summed E-state index contributed by atoms with van der Waals surface area (Å²) in [6.07, 6.45) is 2.18. The van der Waals surface area contributed by atoms with E-state index in [9.17, 15) is 4.79 Å². The molecule has 1 aliphatic heterocycles. The summed E-state index contributed by atoms with van der Waals surface area (Å²) in [5, 5.41) is 19.8. The maximum Gasteiger partial charge on any atom is 0.293 e. The number of benzene rings is 1. The third kappa shape index (κ3) is 4.86. The summed E-state index contributed by atoms with van der Waals surface area (Å²) >= 11 is 3.41. The second-order valence-corrected chi connectivity index (χ2v) is 8.79. The standard InChI is InChI=1S/C20H24BrN9O2/c1-12-7-9-29(10-8-12)11-16-17(24-28-30(16)19-18(22)26-32-27-19)20(31)25-23-13(2)14-3-5-15(21)6-4-14/h3-6,12H,7-11H2,1-2H3,(H2,22,26)(H,25,31)/b23-13-. The highest BCUT2D eigenvalue weighted by Crippen LogP contribution is 2.22. The first-order chi connectivity index (χ1) is 15.4. The summed E-state index contributed by atoms with van der Waals surface area (Å²) in [6.45, 7) is 6.36. The fourth-order valence-electron chi connectivity index (χ4n) is 3.50. The highest BCUT2D eigenvalue weighted by molar-refractivity contribution is 9.10. The summed E-state index contributed by atoms with van der Waals surface area (Å²) in [7, 11) is 0. The van der Waals surface area contributed by atoms with Gasteiger partial charge < -0.3 is 5.73 Å². The lowest BCUT2D eigenvalue weighted by atomic mass is 9.99.